The Balaban J connectivity index is 2.02. The number of benzene rings is 1. The van der Waals surface area contributed by atoms with Gasteiger partial charge in [-0.25, -0.2) is 24.3 Å². The molecule has 3 heterocycles. The van der Waals surface area contributed by atoms with Gasteiger partial charge in [0.1, 0.15) is 35.4 Å². The van der Waals surface area contributed by atoms with E-state index < -0.39 is 5.82 Å². The van der Waals surface area contributed by atoms with Crippen molar-refractivity contribution in [2.75, 3.05) is 30.9 Å². The quantitative estimate of drug-likeness (QED) is 0.521. The third-order valence-electron chi connectivity index (χ3n) is 4.46. The number of pyridine rings is 1. The summed E-state index contributed by atoms with van der Waals surface area (Å²) in [6.07, 6.45) is 2.91. The van der Waals surface area contributed by atoms with Gasteiger partial charge in [0.2, 0.25) is 5.95 Å². The van der Waals surface area contributed by atoms with Crippen LogP contribution >= 0.6 is 0 Å². The van der Waals surface area contributed by atoms with E-state index in [-0.39, 0.29) is 17.2 Å². The van der Waals surface area contributed by atoms with E-state index in [4.69, 9.17) is 10.5 Å². The fourth-order valence-corrected chi connectivity index (χ4v) is 3.11. The van der Waals surface area contributed by atoms with E-state index >= 15 is 0 Å². The van der Waals surface area contributed by atoms with Crippen molar-refractivity contribution in [2.24, 2.45) is 0 Å². The number of rotatable bonds is 6. The minimum Gasteiger partial charge on any atom is -0.383 e. The molecule has 9 nitrogen and oxygen atoms in total. The maximum absolute atomic E-state index is 14.1. The number of imidazole rings is 1. The van der Waals surface area contributed by atoms with Gasteiger partial charge in [0.05, 0.1) is 24.2 Å². The Morgan fingerprint density at radius 2 is 2.10 bits per heavy atom. The number of aromatic nitrogens is 5. The molecule has 1 aromatic carbocycles. The zero-order valence-electron chi connectivity index (χ0n) is 16.0. The molecule has 0 spiro atoms. The second kappa shape index (κ2) is 8.10. The molecule has 2 N–H and O–H groups in total. The molecule has 0 radical (unpaired) electrons. The number of halogens is 1. The van der Waals surface area contributed by atoms with Crippen LogP contribution in [0, 0.1) is 17.1 Å². The minimum atomic E-state index is -0.404. The topological polar surface area (TPSA) is 119 Å². The van der Waals surface area contributed by atoms with Gasteiger partial charge in [0, 0.05) is 19.4 Å². The van der Waals surface area contributed by atoms with Crippen LogP contribution in [0.15, 0.2) is 48.9 Å². The number of methoxy groups -OCH3 is 1. The Hall–Kier alpha value is -4.10. The highest BCUT2D eigenvalue weighted by Crippen LogP contribution is 2.32. The van der Waals surface area contributed by atoms with Crippen molar-refractivity contribution in [3.8, 4) is 11.9 Å². The average Bonchev–Trinajstić information content (AvgIpc) is 3.13. The van der Waals surface area contributed by atoms with Crippen LogP contribution in [0.25, 0.3) is 16.9 Å². The van der Waals surface area contributed by atoms with E-state index in [1.807, 2.05) is 12.1 Å². The van der Waals surface area contributed by atoms with Crippen molar-refractivity contribution in [3.63, 3.8) is 0 Å². The zero-order valence-corrected chi connectivity index (χ0v) is 16.0. The number of nitrogens with two attached hydrogens (primary N) is 1. The molecule has 4 aromatic rings. The molecular formula is C20H17FN8O. The number of nitrogen functional groups attached to an aromatic ring is 1. The summed E-state index contributed by atoms with van der Waals surface area (Å²) >= 11 is 0. The van der Waals surface area contributed by atoms with E-state index in [0.29, 0.717) is 36.0 Å². The molecule has 4 rings (SSSR count). The highest BCUT2D eigenvalue weighted by atomic mass is 19.1. The third-order valence-corrected chi connectivity index (χ3v) is 4.46. The first kappa shape index (κ1) is 19.2. The van der Waals surface area contributed by atoms with Gasteiger partial charge >= 0.3 is 0 Å². The summed E-state index contributed by atoms with van der Waals surface area (Å²) in [7, 11) is 1.56. The molecule has 0 aliphatic heterocycles. The summed E-state index contributed by atoms with van der Waals surface area (Å²) in [5, 5.41) is 9.63. The molecule has 10 heteroatoms. The second-order valence-corrected chi connectivity index (χ2v) is 6.28. The molecule has 0 bridgehead atoms. The van der Waals surface area contributed by atoms with Crippen molar-refractivity contribution in [1.29, 1.82) is 5.26 Å². The fraction of sp³-hybridized carbons (Fsp3) is 0.150. The van der Waals surface area contributed by atoms with Gasteiger partial charge in [-0.3, -0.25) is 9.47 Å². The second-order valence-electron chi connectivity index (χ2n) is 6.28. The number of fused-ring (bicyclic) bond motifs is 1. The fourth-order valence-electron chi connectivity index (χ4n) is 3.11. The molecule has 0 atom stereocenters. The van der Waals surface area contributed by atoms with Crippen LogP contribution in [-0.4, -0.2) is 44.8 Å². The van der Waals surface area contributed by atoms with E-state index in [1.54, 1.807) is 41.0 Å². The first-order valence-corrected chi connectivity index (χ1v) is 9.00. The van der Waals surface area contributed by atoms with Crippen LogP contribution in [0.5, 0.6) is 0 Å². The third kappa shape index (κ3) is 3.38. The molecular weight excluding hydrogens is 387 g/mol. The van der Waals surface area contributed by atoms with Crippen LogP contribution in [0.1, 0.15) is 5.56 Å². The maximum Gasteiger partial charge on any atom is 0.218 e. The van der Waals surface area contributed by atoms with E-state index in [1.165, 1.54) is 18.5 Å². The first-order valence-electron chi connectivity index (χ1n) is 9.00. The van der Waals surface area contributed by atoms with E-state index in [2.05, 4.69) is 19.9 Å². The number of hydrogen-bond donors (Lipinski definition) is 1. The van der Waals surface area contributed by atoms with Crippen LogP contribution in [0.2, 0.25) is 0 Å². The van der Waals surface area contributed by atoms with E-state index in [0.717, 1.165) is 0 Å². The van der Waals surface area contributed by atoms with Gasteiger partial charge in [0.25, 0.3) is 0 Å². The number of ether oxygens (including phenoxy) is 1. The molecule has 0 aliphatic carbocycles. The highest BCUT2D eigenvalue weighted by Gasteiger charge is 2.25. The molecule has 150 valence electrons. The van der Waals surface area contributed by atoms with Crippen LogP contribution in [0.3, 0.4) is 0 Å². The lowest BCUT2D eigenvalue weighted by molar-refractivity contribution is 0.207. The smallest absolute Gasteiger partial charge is 0.218 e. The van der Waals surface area contributed by atoms with Crippen molar-refractivity contribution >= 4 is 28.6 Å². The number of hydrogen-bond acceptors (Lipinski definition) is 8. The summed E-state index contributed by atoms with van der Waals surface area (Å²) in [6.45, 7) is 0.620. The monoisotopic (exact) mass is 404 g/mol. The van der Waals surface area contributed by atoms with Crippen molar-refractivity contribution in [3.05, 3.63) is 60.3 Å². The largest absolute Gasteiger partial charge is 0.383 e. The lowest BCUT2D eigenvalue weighted by Gasteiger charge is -2.24. The molecule has 0 saturated heterocycles. The van der Waals surface area contributed by atoms with Crippen LogP contribution in [0.4, 0.5) is 22.0 Å². The summed E-state index contributed by atoms with van der Waals surface area (Å²) in [5.74, 6) is 0.842. The van der Waals surface area contributed by atoms with Gasteiger partial charge in [-0.2, -0.15) is 5.26 Å². The minimum absolute atomic E-state index is 0.0523. The number of anilines is 3. The Morgan fingerprint density at radius 3 is 2.83 bits per heavy atom. The first-order chi connectivity index (χ1) is 14.6. The van der Waals surface area contributed by atoms with Gasteiger partial charge in [-0.1, -0.05) is 6.07 Å². The number of nitrogens with zero attached hydrogens (tertiary/aromatic N) is 7. The van der Waals surface area contributed by atoms with Crippen molar-refractivity contribution in [1.82, 2.24) is 24.5 Å². The maximum atomic E-state index is 14.1. The predicted octanol–water partition coefficient (Wildman–Crippen LogP) is 2.59. The Bertz CT molecular complexity index is 1240. The van der Waals surface area contributed by atoms with Crippen molar-refractivity contribution < 1.29 is 9.13 Å². The van der Waals surface area contributed by atoms with Gasteiger partial charge in [-0.15, -0.1) is 0 Å². The predicted molar refractivity (Wildman–Crippen MR) is 109 cm³/mol. The van der Waals surface area contributed by atoms with Gasteiger partial charge in [0.15, 0.2) is 5.82 Å². The SMILES string of the molecule is COCCN(c1ncnc(N)c1C#N)c1nc2ccc(F)cc2n1-c1ccccn1. The molecule has 0 fully saturated rings. The Kier molecular flexibility index (Phi) is 5.19. The molecule has 3 aromatic heterocycles. The Labute approximate surface area is 171 Å². The summed E-state index contributed by atoms with van der Waals surface area (Å²) in [5.41, 5.74) is 7.09. The highest BCUT2D eigenvalue weighted by molar-refractivity contribution is 5.83. The standard InChI is InChI=1S/C20H17FN8O/c1-30-9-8-28(19-14(11-22)18(23)25-12-26-19)20-27-15-6-5-13(21)10-16(15)29(20)17-4-2-3-7-24-17/h2-7,10,12H,8-9H2,1H3,(H2,23,25,26). The van der Waals surface area contributed by atoms with Crippen LogP contribution < -0.4 is 10.6 Å². The average molecular weight is 404 g/mol. The summed E-state index contributed by atoms with van der Waals surface area (Å²) in [6, 6.07) is 11.7. The molecule has 0 amide bonds. The molecule has 0 aliphatic rings. The van der Waals surface area contributed by atoms with Crippen molar-refractivity contribution in [2.45, 2.75) is 0 Å². The Morgan fingerprint density at radius 1 is 1.23 bits per heavy atom. The van der Waals surface area contributed by atoms with Gasteiger partial charge in [-0.05, 0) is 24.3 Å². The molecule has 0 saturated carbocycles. The number of nitriles is 1. The molecule has 0 unspecified atom stereocenters. The van der Waals surface area contributed by atoms with Crippen LogP contribution in [-0.2, 0) is 4.74 Å². The normalized spacial score (nSPS) is 10.8. The lowest BCUT2D eigenvalue weighted by atomic mass is 10.3. The van der Waals surface area contributed by atoms with E-state index in [9.17, 15) is 9.65 Å². The molecule has 30 heavy (non-hydrogen) atoms. The van der Waals surface area contributed by atoms with Gasteiger partial charge < -0.3 is 10.5 Å². The zero-order chi connectivity index (χ0) is 21.1. The lowest BCUT2D eigenvalue weighted by Crippen LogP contribution is -2.27. The summed E-state index contributed by atoms with van der Waals surface area (Å²) in [4.78, 5) is 18.9. The summed E-state index contributed by atoms with van der Waals surface area (Å²) < 4.78 is 21.0.